The second kappa shape index (κ2) is 6.55. The summed E-state index contributed by atoms with van der Waals surface area (Å²) in [6.07, 6.45) is -3.72. The van der Waals surface area contributed by atoms with Crippen molar-refractivity contribution in [3.05, 3.63) is 28.7 Å². The Hall–Kier alpha value is -2.29. The lowest BCUT2D eigenvalue weighted by Gasteiger charge is -2.36. The van der Waals surface area contributed by atoms with Crippen LogP contribution in [0.25, 0.3) is 11.0 Å². The molecule has 136 valence electrons. The molecule has 1 aromatic carbocycles. The number of fused-ring (bicyclic) bond motifs is 1. The molecule has 3 rings (SSSR count). The molecule has 2 atom stereocenters. The first kappa shape index (κ1) is 17.5. The number of rotatable bonds is 3. The normalized spacial score (nSPS) is 20.6. The fourth-order valence-corrected chi connectivity index (χ4v) is 3.15. The zero-order valence-electron chi connectivity index (χ0n) is 13.6. The van der Waals surface area contributed by atoms with Gasteiger partial charge in [0.05, 0.1) is 23.0 Å². The average molecular weight is 356 g/mol. The van der Waals surface area contributed by atoms with Crippen LogP contribution in [0.4, 0.5) is 18.9 Å². The molecular formula is C16H19F3N4O2. The third-order valence-corrected chi connectivity index (χ3v) is 4.63. The highest BCUT2D eigenvalue weighted by Gasteiger charge is 2.43. The minimum absolute atomic E-state index is 0.103. The molecule has 25 heavy (non-hydrogen) atoms. The number of carbonyl (C=O) groups excluding carboxylic acids is 1. The van der Waals surface area contributed by atoms with E-state index >= 15 is 0 Å². The van der Waals surface area contributed by atoms with Crippen molar-refractivity contribution in [1.29, 1.82) is 0 Å². The lowest BCUT2D eigenvalue weighted by Crippen LogP contribution is -2.49. The third kappa shape index (κ3) is 3.87. The maximum absolute atomic E-state index is 12.9. The average Bonchev–Trinajstić information content (AvgIpc) is 2.92. The van der Waals surface area contributed by atoms with Crippen molar-refractivity contribution in [2.75, 3.05) is 18.4 Å². The van der Waals surface area contributed by atoms with Crippen molar-refractivity contribution in [3.63, 3.8) is 0 Å². The number of H-pyrrole nitrogens is 2. The first-order chi connectivity index (χ1) is 11.7. The lowest BCUT2D eigenvalue weighted by atomic mass is 9.96. The minimum atomic E-state index is -4.24. The summed E-state index contributed by atoms with van der Waals surface area (Å²) in [6, 6.07) is 4.21. The SMILES string of the molecule is C[C@H](C(=O)Nc1ccc2[nH]c(=O)[nH]c2c1)N1CCC[C@@H](C(F)(F)F)C1. The van der Waals surface area contributed by atoms with E-state index in [1.165, 1.54) is 0 Å². The molecule has 1 aliphatic heterocycles. The van der Waals surface area contributed by atoms with Crippen LogP contribution in [-0.4, -0.2) is 46.1 Å². The van der Waals surface area contributed by atoms with Crippen molar-refractivity contribution in [2.45, 2.75) is 32.0 Å². The Morgan fingerprint density at radius 3 is 2.76 bits per heavy atom. The summed E-state index contributed by atoms with van der Waals surface area (Å²) in [6.45, 7) is 1.90. The maximum Gasteiger partial charge on any atom is 0.393 e. The van der Waals surface area contributed by atoms with Crippen molar-refractivity contribution < 1.29 is 18.0 Å². The Morgan fingerprint density at radius 1 is 1.32 bits per heavy atom. The molecular weight excluding hydrogens is 337 g/mol. The molecule has 1 saturated heterocycles. The predicted molar refractivity (Wildman–Crippen MR) is 87.4 cm³/mol. The number of amides is 1. The van der Waals surface area contributed by atoms with Crippen LogP contribution >= 0.6 is 0 Å². The van der Waals surface area contributed by atoms with Gasteiger partial charge in [-0.05, 0) is 44.5 Å². The van der Waals surface area contributed by atoms with Crippen molar-refractivity contribution in [1.82, 2.24) is 14.9 Å². The number of alkyl halides is 3. The molecule has 1 aliphatic rings. The smallest absolute Gasteiger partial charge is 0.325 e. The van der Waals surface area contributed by atoms with E-state index in [0.29, 0.717) is 29.7 Å². The number of aromatic nitrogens is 2. The minimum Gasteiger partial charge on any atom is -0.325 e. The topological polar surface area (TPSA) is 81.0 Å². The van der Waals surface area contributed by atoms with E-state index in [4.69, 9.17) is 0 Å². The van der Waals surface area contributed by atoms with Crippen LogP contribution in [-0.2, 0) is 4.79 Å². The molecule has 9 heteroatoms. The Kier molecular flexibility index (Phi) is 4.59. The number of benzene rings is 1. The first-order valence-electron chi connectivity index (χ1n) is 8.08. The molecule has 3 N–H and O–H groups in total. The molecule has 1 amide bonds. The van der Waals surface area contributed by atoms with Crippen LogP contribution in [0.3, 0.4) is 0 Å². The number of hydrogen-bond donors (Lipinski definition) is 3. The number of halogens is 3. The zero-order valence-corrected chi connectivity index (χ0v) is 13.6. The number of anilines is 1. The van der Waals surface area contributed by atoms with E-state index in [0.717, 1.165) is 0 Å². The van der Waals surface area contributed by atoms with E-state index in [-0.39, 0.29) is 24.6 Å². The van der Waals surface area contributed by atoms with Gasteiger partial charge in [0.2, 0.25) is 5.91 Å². The summed E-state index contributed by atoms with van der Waals surface area (Å²) in [5, 5.41) is 2.70. The monoisotopic (exact) mass is 356 g/mol. The lowest BCUT2D eigenvalue weighted by molar-refractivity contribution is -0.188. The van der Waals surface area contributed by atoms with Crippen LogP contribution in [0.2, 0.25) is 0 Å². The molecule has 0 unspecified atom stereocenters. The first-order valence-corrected chi connectivity index (χ1v) is 8.08. The standard InChI is InChI=1S/C16H19F3N4O2/c1-9(23-6-2-3-10(8-23)16(17,18)19)14(24)20-11-4-5-12-13(7-11)22-15(25)21-12/h4-5,7,9-10H,2-3,6,8H2,1H3,(H,20,24)(H2,21,22,25)/t9-,10-/m1/s1. The third-order valence-electron chi connectivity index (χ3n) is 4.63. The number of imidazole rings is 1. The number of carbonyl (C=O) groups is 1. The molecule has 2 aromatic rings. The number of aromatic amines is 2. The highest BCUT2D eigenvalue weighted by atomic mass is 19.4. The van der Waals surface area contributed by atoms with Gasteiger partial charge >= 0.3 is 11.9 Å². The largest absolute Gasteiger partial charge is 0.393 e. The Balaban J connectivity index is 1.68. The van der Waals surface area contributed by atoms with Gasteiger partial charge in [-0.1, -0.05) is 0 Å². The molecule has 0 saturated carbocycles. The van der Waals surface area contributed by atoms with Gasteiger partial charge in [0.25, 0.3) is 0 Å². The molecule has 0 spiro atoms. The van der Waals surface area contributed by atoms with Gasteiger partial charge in [-0.15, -0.1) is 0 Å². The van der Waals surface area contributed by atoms with Gasteiger partial charge in [0, 0.05) is 12.2 Å². The molecule has 6 nitrogen and oxygen atoms in total. The highest BCUT2D eigenvalue weighted by molar-refractivity contribution is 5.96. The van der Waals surface area contributed by atoms with E-state index < -0.39 is 18.1 Å². The van der Waals surface area contributed by atoms with Gasteiger partial charge in [-0.2, -0.15) is 13.2 Å². The summed E-state index contributed by atoms with van der Waals surface area (Å²) in [7, 11) is 0. The molecule has 1 aromatic heterocycles. The highest BCUT2D eigenvalue weighted by Crippen LogP contribution is 2.33. The van der Waals surface area contributed by atoms with Gasteiger partial charge in [0.15, 0.2) is 0 Å². The zero-order chi connectivity index (χ0) is 18.2. The summed E-state index contributed by atoms with van der Waals surface area (Å²) < 4.78 is 38.8. The van der Waals surface area contributed by atoms with Crippen molar-refractivity contribution in [3.8, 4) is 0 Å². The van der Waals surface area contributed by atoms with E-state index in [9.17, 15) is 22.8 Å². The number of likely N-dealkylation sites (tertiary alicyclic amines) is 1. The van der Waals surface area contributed by atoms with Crippen LogP contribution in [0.15, 0.2) is 23.0 Å². The fourth-order valence-electron chi connectivity index (χ4n) is 3.15. The van der Waals surface area contributed by atoms with E-state index in [1.807, 2.05) is 0 Å². The maximum atomic E-state index is 12.9. The summed E-state index contributed by atoms with van der Waals surface area (Å²) in [4.78, 5) is 30.4. The predicted octanol–water partition coefficient (Wildman–Crippen LogP) is 2.46. The molecule has 0 aliphatic carbocycles. The number of nitrogens with zero attached hydrogens (tertiary/aromatic N) is 1. The Morgan fingerprint density at radius 2 is 2.04 bits per heavy atom. The van der Waals surface area contributed by atoms with Crippen LogP contribution in [0.5, 0.6) is 0 Å². The summed E-state index contributed by atoms with van der Waals surface area (Å²) in [5.74, 6) is -1.77. The number of piperidine rings is 1. The van der Waals surface area contributed by atoms with Gasteiger partial charge in [-0.25, -0.2) is 4.79 Å². The quantitative estimate of drug-likeness (QED) is 0.790. The molecule has 0 bridgehead atoms. The van der Waals surface area contributed by atoms with Gasteiger partial charge in [0.1, 0.15) is 0 Å². The van der Waals surface area contributed by atoms with Gasteiger partial charge < -0.3 is 15.3 Å². The summed E-state index contributed by atoms with van der Waals surface area (Å²) in [5.41, 5.74) is 1.29. The Labute approximate surface area is 141 Å². The molecule has 1 fully saturated rings. The molecule has 2 heterocycles. The van der Waals surface area contributed by atoms with Crippen LogP contribution in [0, 0.1) is 5.92 Å². The van der Waals surface area contributed by atoms with E-state index in [1.54, 1.807) is 30.0 Å². The number of hydrogen-bond acceptors (Lipinski definition) is 3. The van der Waals surface area contributed by atoms with E-state index in [2.05, 4.69) is 15.3 Å². The summed E-state index contributed by atoms with van der Waals surface area (Å²) >= 11 is 0. The van der Waals surface area contributed by atoms with Gasteiger partial charge in [-0.3, -0.25) is 9.69 Å². The van der Waals surface area contributed by atoms with Crippen molar-refractivity contribution in [2.24, 2.45) is 5.92 Å². The fraction of sp³-hybridized carbons (Fsp3) is 0.500. The van der Waals surface area contributed by atoms with Crippen LogP contribution in [0.1, 0.15) is 19.8 Å². The second-order valence-corrected chi connectivity index (χ2v) is 6.38. The second-order valence-electron chi connectivity index (χ2n) is 6.38. The molecule has 0 radical (unpaired) electrons. The van der Waals surface area contributed by atoms with Crippen molar-refractivity contribution >= 4 is 22.6 Å². The number of nitrogens with one attached hydrogen (secondary N) is 3. The Bertz CT molecular complexity index is 827. The van der Waals surface area contributed by atoms with Crippen LogP contribution < -0.4 is 11.0 Å².